The zero-order chi connectivity index (χ0) is 14.0. The maximum atomic E-state index is 12.5. The van der Waals surface area contributed by atoms with Crippen LogP contribution in [0.15, 0.2) is 24.3 Å². The van der Waals surface area contributed by atoms with Crippen LogP contribution < -0.4 is 10.0 Å². The van der Waals surface area contributed by atoms with Crippen LogP contribution in [0.3, 0.4) is 0 Å². The first-order valence-electron chi connectivity index (χ1n) is 7.20. The van der Waals surface area contributed by atoms with E-state index in [2.05, 4.69) is 16.1 Å². The normalized spacial score (nSPS) is 24.3. The summed E-state index contributed by atoms with van der Waals surface area (Å²) in [5.41, 5.74) is 2.38. The number of hydrogen-bond acceptors (Lipinski definition) is 3. The predicted molar refractivity (Wildman–Crippen MR) is 78.5 cm³/mol. The molecule has 1 fully saturated rings. The zero-order valence-corrected chi connectivity index (χ0v) is 12.3. The summed E-state index contributed by atoms with van der Waals surface area (Å²) in [7, 11) is -3.38. The lowest BCUT2D eigenvalue weighted by atomic mass is 10.0. The van der Waals surface area contributed by atoms with E-state index >= 15 is 0 Å². The Morgan fingerprint density at radius 3 is 2.80 bits per heavy atom. The van der Waals surface area contributed by atoms with E-state index in [1.54, 1.807) is 4.31 Å². The minimum absolute atomic E-state index is 0.0194. The molecule has 20 heavy (non-hydrogen) atoms. The van der Waals surface area contributed by atoms with E-state index in [-0.39, 0.29) is 6.04 Å². The van der Waals surface area contributed by atoms with Gasteiger partial charge in [0.25, 0.3) is 10.2 Å². The number of nitrogens with one attached hydrogen (secondary N) is 2. The van der Waals surface area contributed by atoms with Crippen molar-refractivity contribution in [3.8, 4) is 0 Å². The number of hydrogen-bond donors (Lipinski definition) is 2. The average molecular weight is 295 g/mol. The van der Waals surface area contributed by atoms with Gasteiger partial charge in [-0.1, -0.05) is 24.3 Å². The molecular formula is C14H21N3O2S. The van der Waals surface area contributed by atoms with Gasteiger partial charge in [-0.25, -0.2) is 0 Å². The molecule has 0 saturated carbocycles. The van der Waals surface area contributed by atoms with Gasteiger partial charge in [0.15, 0.2) is 0 Å². The molecule has 0 spiro atoms. The van der Waals surface area contributed by atoms with Crippen LogP contribution in [0, 0.1) is 0 Å². The average Bonchev–Trinajstić information content (AvgIpc) is 2.47. The molecule has 0 aliphatic carbocycles. The molecule has 0 radical (unpaired) electrons. The van der Waals surface area contributed by atoms with E-state index in [0.717, 1.165) is 37.9 Å². The third-order valence-corrected chi connectivity index (χ3v) is 5.67. The van der Waals surface area contributed by atoms with Crippen LogP contribution in [0.1, 0.15) is 24.0 Å². The molecule has 1 unspecified atom stereocenters. The van der Waals surface area contributed by atoms with Gasteiger partial charge in [0.2, 0.25) is 0 Å². The number of benzene rings is 1. The summed E-state index contributed by atoms with van der Waals surface area (Å²) in [6.07, 6.45) is 2.73. The summed E-state index contributed by atoms with van der Waals surface area (Å²) in [5.74, 6) is 0. The van der Waals surface area contributed by atoms with Gasteiger partial charge < -0.3 is 5.32 Å². The van der Waals surface area contributed by atoms with Crippen LogP contribution in [0.25, 0.3) is 0 Å². The van der Waals surface area contributed by atoms with Crippen LogP contribution in [0.5, 0.6) is 0 Å². The third kappa shape index (κ3) is 3.03. The summed E-state index contributed by atoms with van der Waals surface area (Å²) in [4.78, 5) is 0. The van der Waals surface area contributed by atoms with Gasteiger partial charge in [-0.15, -0.1) is 0 Å². The van der Waals surface area contributed by atoms with Crippen LogP contribution in [-0.4, -0.2) is 38.4 Å². The van der Waals surface area contributed by atoms with E-state index < -0.39 is 10.2 Å². The Hall–Kier alpha value is -0.950. The molecule has 2 N–H and O–H groups in total. The van der Waals surface area contributed by atoms with E-state index in [9.17, 15) is 8.42 Å². The molecular weight excluding hydrogens is 274 g/mol. The topological polar surface area (TPSA) is 61.4 Å². The highest BCUT2D eigenvalue weighted by Crippen LogP contribution is 2.20. The Morgan fingerprint density at radius 2 is 2.05 bits per heavy atom. The van der Waals surface area contributed by atoms with Crippen molar-refractivity contribution in [1.29, 1.82) is 0 Å². The summed E-state index contributed by atoms with van der Waals surface area (Å²) in [6.45, 7) is 2.75. The Balaban J connectivity index is 1.69. The van der Waals surface area contributed by atoms with E-state index in [0.29, 0.717) is 13.1 Å². The second-order valence-corrected chi connectivity index (χ2v) is 7.22. The highest BCUT2D eigenvalue weighted by Gasteiger charge is 2.29. The number of rotatable bonds is 3. The lowest BCUT2D eigenvalue weighted by Crippen LogP contribution is -2.51. The zero-order valence-electron chi connectivity index (χ0n) is 11.5. The van der Waals surface area contributed by atoms with Crippen LogP contribution in [0.2, 0.25) is 0 Å². The van der Waals surface area contributed by atoms with E-state index in [4.69, 9.17) is 0 Å². The first-order valence-corrected chi connectivity index (χ1v) is 8.64. The van der Waals surface area contributed by atoms with E-state index in [1.807, 2.05) is 18.2 Å². The van der Waals surface area contributed by atoms with Crippen molar-refractivity contribution >= 4 is 10.2 Å². The lowest BCUT2D eigenvalue weighted by Gasteiger charge is -2.31. The largest absolute Gasteiger partial charge is 0.315 e. The Morgan fingerprint density at radius 1 is 1.25 bits per heavy atom. The van der Waals surface area contributed by atoms with Crippen molar-refractivity contribution < 1.29 is 8.42 Å². The smallest absolute Gasteiger partial charge is 0.280 e. The fraction of sp³-hybridized carbons (Fsp3) is 0.571. The van der Waals surface area contributed by atoms with Crippen molar-refractivity contribution in [3.63, 3.8) is 0 Å². The van der Waals surface area contributed by atoms with Crippen LogP contribution >= 0.6 is 0 Å². The van der Waals surface area contributed by atoms with Crippen molar-refractivity contribution in [2.24, 2.45) is 0 Å². The van der Waals surface area contributed by atoms with Crippen LogP contribution in [-0.2, 0) is 23.2 Å². The number of piperidine rings is 1. The highest BCUT2D eigenvalue weighted by molar-refractivity contribution is 7.87. The summed E-state index contributed by atoms with van der Waals surface area (Å²) < 4.78 is 29.3. The molecule has 110 valence electrons. The molecule has 2 aliphatic rings. The first kappa shape index (κ1) is 14.0. The summed E-state index contributed by atoms with van der Waals surface area (Å²) >= 11 is 0. The summed E-state index contributed by atoms with van der Waals surface area (Å²) in [5, 5.41) is 3.23. The summed E-state index contributed by atoms with van der Waals surface area (Å²) in [6, 6.07) is 8.09. The van der Waals surface area contributed by atoms with Crippen molar-refractivity contribution in [1.82, 2.24) is 14.3 Å². The minimum Gasteiger partial charge on any atom is -0.315 e. The van der Waals surface area contributed by atoms with Gasteiger partial charge in [-0.05, 0) is 36.9 Å². The maximum Gasteiger partial charge on any atom is 0.280 e. The molecule has 3 rings (SSSR count). The lowest BCUT2D eigenvalue weighted by molar-refractivity contribution is 0.364. The molecule has 0 amide bonds. The Kier molecular flexibility index (Phi) is 4.07. The van der Waals surface area contributed by atoms with Gasteiger partial charge in [0, 0.05) is 25.7 Å². The molecule has 2 aliphatic heterocycles. The number of nitrogens with zero attached hydrogens (tertiary/aromatic N) is 1. The quantitative estimate of drug-likeness (QED) is 0.860. The molecule has 1 aromatic carbocycles. The van der Waals surface area contributed by atoms with Gasteiger partial charge in [0.05, 0.1) is 0 Å². The van der Waals surface area contributed by atoms with Gasteiger partial charge >= 0.3 is 0 Å². The van der Waals surface area contributed by atoms with Crippen molar-refractivity contribution in [3.05, 3.63) is 35.4 Å². The number of fused-ring (bicyclic) bond motifs is 1. The third-order valence-electron chi connectivity index (χ3n) is 4.05. The van der Waals surface area contributed by atoms with E-state index in [1.165, 1.54) is 5.56 Å². The van der Waals surface area contributed by atoms with Gasteiger partial charge in [-0.2, -0.15) is 17.4 Å². The molecule has 1 aromatic rings. The predicted octanol–water partition coefficient (Wildman–Crippen LogP) is 0.631. The molecule has 2 heterocycles. The van der Waals surface area contributed by atoms with Gasteiger partial charge in [-0.3, -0.25) is 0 Å². The Labute approximate surface area is 120 Å². The standard InChI is InChI=1S/C14H21N3O2S/c18-20(19,16-14-6-3-8-15-10-14)17-9-7-12-4-1-2-5-13(12)11-17/h1-2,4-5,14-16H,3,6-11H2. The Bertz CT molecular complexity index is 568. The molecule has 0 aromatic heterocycles. The fourth-order valence-electron chi connectivity index (χ4n) is 2.91. The van der Waals surface area contributed by atoms with Crippen molar-refractivity contribution in [2.75, 3.05) is 19.6 Å². The monoisotopic (exact) mass is 295 g/mol. The van der Waals surface area contributed by atoms with Crippen molar-refractivity contribution in [2.45, 2.75) is 31.8 Å². The molecule has 0 bridgehead atoms. The molecule has 1 saturated heterocycles. The molecule has 1 atom stereocenters. The molecule has 6 heteroatoms. The SMILES string of the molecule is O=S(=O)(NC1CCCNC1)N1CCc2ccccc2C1. The minimum atomic E-state index is -3.38. The second kappa shape index (κ2) is 5.81. The molecule has 5 nitrogen and oxygen atoms in total. The van der Waals surface area contributed by atoms with Gasteiger partial charge in [0.1, 0.15) is 0 Å². The highest BCUT2D eigenvalue weighted by atomic mass is 32.2. The first-order chi connectivity index (χ1) is 9.65. The van der Waals surface area contributed by atoms with Crippen LogP contribution in [0.4, 0.5) is 0 Å². The maximum absolute atomic E-state index is 12.5. The fourth-order valence-corrected chi connectivity index (χ4v) is 4.32. The second-order valence-electron chi connectivity index (χ2n) is 5.52.